The van der Waals surface area contributed by atoms with Gasteiger partial charge in [-0.3, -0.25) is 4.72 Å². The minimum atomic E-state index is -5.05. The molecule has 204 valence electrons. The molecule has 1 aromatic carbocycles. The number of halogens is 2. The van der Waals surface area contributed by atoms with Crippen LogP contribution in [0.3, 0.4) is 0 Å². The Morgan fingerprint density at radius 1 is 1.32 bits per heavy atom. The van der Waals surface area contributed by atoms with Crippen LogP contribution in [0.2, 0.25) is 0 Å². The maximum absolute atomic E-state index is 13.8. The van der Waals surface area contributed by atoms with Crippen molar-refractivity contribution in [3.8, 4) is 0 Å². The molecule has 14 heteroatoms. The first-order valence-electron chi connectivity index (χ1n) is 12.1. The lowest BCUT2D eigenvalue weighted by Gasteiger charge is -2.38. The van der Waals surface area contributed by atoms with E-state index in [0.29, 0.717) is 25.8 Å². The summed E-state index contributed by atoms with van der Waals surface area (Å²) in [4.78, 5) is 14.2. The van der Waals surface area contributed by atoms with E-state index in [-0.39, 0.29) is 34.2 Å². The van der Waals surface area contributed by atoms with Crippen molar-refractivity contribution >= 4 is 49.5 Å². The lowest BCUT2D eigenvalue weighted by atomic mass is 9.94. The van der Waals surface area contributed by atoms with Gasteiger partial charge in [-0.25, -0.2) is 13.2 Å². The molecule has 0 radical (unpaired) electrons. The summed E-state index contributed by atoms with van der Waals surface area (Å²) in [5.74, 6) is -0.299. The Morgan fingerprint density at radius 3 is 2.70 bits per heavy atom. The average Bonchev–Trinajstić information content (AvgIpc) is 3.28. The third-order valence-corrected chi connectivity index (χ3v) is 7.93. The molecule has 3 rings (SSSR count). The fourth-order valence-corrected chi connectivity index (χ4v) is 4.91. The second-order valence-corrected chi connectivity index (χ2v) is 12.3. The molecule has 1 N–H and O–H groups in total. The van der Waals surface area contributed by atoms with Crippen LogP contribution in [-0.4, -0.2) is 49.0 Å². The molecule has 0 bridgehead atoms. The number of anilines is 2. The molecule has 0 saturated carbocycles. The summed E-state index contributed by atoms with van der Waals surface area (Å²) < 4.78 is 59.4. The van der Waals surface area contributed by atoms with Crippen molar-refractivity contribution in [3.05, 3.63) is 22.7 Å². The first-order valence-corrected chi connectivity index (χ1v) is 14.4. The fraction of sp³-hybridized carbons (Fsp3) is 0.609. The molecule has 0 fully saturated rings. The van der Waals surface area contributed by atoms with Gasteiger partial charge in [0.05, 0.1) is 12.3 Å². The van der Waals surface area contributed by atoms with Crippen molar-refractivity contribution < 1.29 is 26.7 Å². The van der Waals surface area contributed by atoms with Gasteiger partial charge in [-0.2, -0.15) is 8.78 Å². The molecule has 1 aliphatic heterocycles. The maximum atomic E-state index is 13.8. The smallest absolute Gasteiger partial charge is 0.369 e. The second-order valence-electron chi connectivity index (χ2n) is 9.42. The zero-order valence-corrected chi connectivity index (χ0v) is 23.1. The fourth-order valence-electron chi connectivity index (χ4n) is 3.72. The summed E-state index contributed by atoms with van der Waals surface area (Å²) in [6.07, 6.45) is 3.16. The third-order valence-electron chi connectivity index (χ3n) is 5.71. The maximum Gasteiger partial charge on any atom is 0.369 e. The molecule has 0 spiro atoms. The van der Waals surface area contributed by atoms with Gasteiger partial charge in [-0.05, 0) is 49.8 Å². The number of aromatic nitrogens is 2. The topological polar surface area (TPSA) is 126 Å². The summed E-state index contributed by atoms with van der Waals surface area (Å²) >= 11 is 0.854. The number of rotatable bonds is 11. The summed E-state index contributed by atoms with van der Waals surface area (Å²) in [6.45, 7) is 9.47. The van der Waals surface area contributed by atoms with Gasteiger partial charge < -0.3 is 9.64 Å². The molecule has 1 aromatic heterocycles. The zero-order chi connectivity index (χ0) is 27.4. The number of unbranched alkanes of at least 4 members (excludes halogenated alkanes) is 1. The van der Waals surface area contributed by atoms with Crippen LogP contribution in [0.5, 0.6) is 0 Å². The molecule has 1 atom stereocenters. The number of benzene rings is 1. The van der Waals surface area contributed by atoms with Crippen LogP contribution in [0.4, 0.5) is 31.0 Å². The first kappa shape index (κ1) is 28.8. The molecular formula is C23H32F2N6O4S2. The number of carbonyl (C=O) groups excluding carboxylic acids is 1. The van der Waals surface area contributed by atoms with Crippen molar-refractivity contribution in [2.45, 2.75) is 71.6 Å². The average molecular weight is 559 g/mol. The third kappa shape index (κ3) is 7.18. The van der Waals surface area contributed by atoms with Gasteiger partial charge in [0.1, 0.15) is 5.69 Å². The molecule has 0 saturated heterocycles. The molecule has 37 heavy (non-hydrogen) atoms. The van der Waals surface area contributed by atoms with Gasteiger partial charge in [0.2, 0.25) is 5.01 Å². The van der Waals surface area contributed by atoms with E-state index < -0.39 is 21.2 Å². The van der Waals surface area contributed by atoms with Crippen LogP contribution < -0.4 is 9.62 Å². The number of esters is 1. The number of hydrogen-bond acceptors (Lipinski definition) is 10. The van der Waals surface area contributed by atoms with Crippen molar-refractivity contribution in [1.82, 2.24) is 10.2 Å². The highest BCUT2D eigenvalue weighted by Crippen LogP contribution is 2.41. The summed E-state index contributed by atoms with van der Waals surface area (Å²) in [5.41, 5.74) is 1.58. The second kappa shape index (κ2) is 11.8. The highest BCUT2D eigenvalue weighted by Gasteiger charge is 2.40. The number of ether oxygens (including phenoxy) is 1. The quantitative estimate of drug-likeness (QED) is 0.202. The SMILES string of the molecule is CCCCOC(=O)c1nnc(N=Nc2cc3c(cc2NS(=O)(=O)C(C)(F)F)N(CC(C)C)C(C)CC3)s1. The lowest BCUT2D eigenvalue weighted by molar-refractivity contribution is 0.0498. The van der Waals surface area contributed by atoms with Crippen molar-refractivity contribution in [3.63, 3.8) is 0 Å². The van der Waals surface area contributed by atoms with Crippen molar-refractivity contribution in [2.24, 2.45) is 16.1 Å². The number of hydrogen-bond donors (Lipinski definition) is 1. The molecular weight excluding hydrogens is 526 g/mol. The van der Waals surface area contributed by atoms with Gasteiger partial charge in [0, 0.05) is 25.2 Å². The molecule has 0 aliphatic carbocycles. The standard InChI is InChI=1S/C23H32F2N6O4S2/c1-6-7-10-35-21(32)20-27-29-22(36-20)28-26-17-11-16-9-8-15(4)31(13-14(2)3)19(16)12-18(17)30-37(33,34)23(5,24)25/h11-12,14-15,30H,6-10,13H2,1-5H3. The minimum Gasteiger partial charge on any atom is -0.460 e. The number of carbonyl (C=O) groups is 1. The predicted octanol–water partition coefficient (Wildman–Crippen LogP) is 6.06. The Morgan fingerprint density at radius 2 is 2.05 bits per heavy atom. The first-order chi connectivity index (χ1) is 17.3. The summed E-state index contributed by atoms with van der Waals surface area (Å²) in [6, 6.07) is 3.36. The van der Waals surface area contributed by atoms with Crippen molar-refractivity contribution in [1.29, 1.82) is 0 Å². The predicted molar refractivity (Wildman–Crippen MR) is 139 cm³/mol. The Bertz CT molecular complexity index is 1240. The Balaban J connectivity index is 1.98. The van der Waals surface area contributed by atoms with E-state index in [1.54, 1.807) is 6.07 Å². The number of nitrogens with zero attached hydrogens (tertiary/aromatic N) is 5. The van der Waals surface area contributed by atoms with E-state index in [1.807, 2.05) is 11.6 Å². The number of azo groups is 1. The number of fused-ring (bicyclic) bond motifs is 1. The Kier molecular flexibility index (Phi) is 9.16. The van der Waals surface area contributed by atoms with E-state index in [4.69, 9.17) is 4.74 Å². The highest BCUT2D eigenvalue weighted by molar-refractivity contribution is 7.93. The zero-order valence-electron chi connectivity index (χ0n) is 21.5. The largest absolute Gasteiger partial charge is 0.460 e. The highest BCUT2D eigenvalue weighted by atomic mass is 32.2. The minimum absolute atomic E-state index is 0.000334. The van der Waals surface area contributed by atoms with Gasteiger partial charge >= 0.3 is 11.2 Å². The molecule has 0 amide bonds. The number of sulfonamides is 1. The van der Waals surface area contributed by atoms with Crippen LogP contribution in [0.15, 0.2) is 22.4 Å². The van der Waals surface area contributed by atoms with Crippen LogP contribution in [0.1, 0.15) is 69.2 Å². The normalized spacial score (nSPS) is 16.3. The van der Waals surface area contributed by atoms with E-state index in [1.165, 1.54) is 6.07 Å². The van der Waals surface area contributed by atoms with Crippen LogP contribution in [0.25, 0.3) is 0 Å². The molecule has 10 nitrogen and oxygen atoms in total. The Hall–Kier alpha value is -2.74. The number of aryl methyl sites for hydroxylation is 1. The van der Waals surface area contributed by atoms with Gasteiger partial charge in [-0.1, -0.05) is 38.5 Å². The summed E-state index contributed by atoms with van der Waals surface area (Å²) in [7, 11) is -5.05. The van der Waals surface area contributed by atoms with Crippen molar-refractivity contribution in [2.75, 3.05) is 22.8 Å². The molecule has 2 aromatic rings. The van der Waals surface area contributed by atoms with Gasteiger partial charge in [-0.15, -0.1) is 20.4 Å². The van der Waals surface area contributed by atoms with Crippen LogP contribution >= 0.6 is 11.3 Å². The lowest BCUT2D eigenvalue weighted by Crippen LogP contribution is -2.40. The van der Waals surface area contributed by atoms with E-state index in [0.717, 1.165) is 41.9 Å². The number of nitrogens with one attached hydrogen (secondary N) is 1. The molecule has 1 unspecified atom stereocenters. The summed E-state index contributed by atoms with van der Waals surface area (Å²) in [5, 5.41) is 11.7. The number of alkyl halides is 2. The van der Waals surface area contributed by atoms with E-state index >= 15 is 0 Å². The van der Waals surface area contributed by atoms with Gasteiger partial charge in [0.25, 0.3) is 15.2 Å². The molecule has 2 heterocycles. The monoisotopic (exact) mass is 558 g/mol. The molecule has 1 aliphatic rings. The van der Waals surface area contributed by atoms with E-state index in [2.05, 4.69) is 46.1 Å². The van der Waals surface area contributed by atoms with Crippen LogP contribution in [-0.2, 0) is 21.2 Å². The Labute approximate surface area is 219 Å². The van der Waals surface area contributed by atoms with Gasteiger partial charge in [0.15, 0.2) is 0 Å². The van der Waals surface area contributed by atoms with E-state index in [9.17, 15) is 22.0 Å². The van der Waals surface area contributed by atoms with Crippen LogP contribution in [0, 0.1) is 5.92 Å².